The summed E-state index contributed by atoms with van der Waals surface area (Å²) in [4.78, 5) is 15.9. The van der Waals surface area contributed by atoms with Crippen molar-refractivity contribution in [2.75, 3.05) is 18.1 Å². The van der Waals surface area contributed by atoms with Crippen molar-refractivity contribution in [3.05, 3.63) is 24.3 Å². The van der Waals surface area contributed by atoms with Crippen LogP contribution in [-0.4, -0.2) is 41.7 Å². The van der Waals surface area contributed by atoms with E-state index >= 15 is 0 Å². The zero-order chi connectivity index (χ0) is 14.5. The Kier molecular flexibility index (Phi) is 2.90. The molecule has 0 aromatic heterocycles. The van der Waals surface area contributed by atoms with E-state index in [0.29, 0.717) is 6.67 Å². The summed E-state index contributed by atoms with van der Waals surface area (Å²) in [6, 6.07) is 8.01. The fraction of sp³-hybridized carbons (Fsp3) is 0.533. The van der Waals surface area contributed by atoms with Gasteiger partial charge in [0.15, 0.2) is 0 Å². The van der Waals surface area contributed by atoms with E-state index in [1.54, 1.807) is 0 Å². The molecule has 20 heavy (non-hydrogen) atoms. The Morgan fingerprint density at radius 3 is 2.85 bits per heavy atom. The van der Waals surface area contributed by atoms with Gasteiger partial charge in [0.25, 0.3) is 0 Å². The van der Waals surface area contributed by atoms with Crippen molar-refractivity contribution < 1.29 is 9.53 Å². The molecular formula is C15H21N3O2. The first kappa shape index (κ1) is 13.2. The van der Waals surface area contributed by atoms with Gasteiger partial charge in [0.05, 0.1) is 24.4 Å². The number of carbonyl (C=O) groups is 1. The summed E-state index contributed by atoms with van der Waals surface area (Å²) in [6.45, 7) is 7.54. The second-order valence-electron chi connectivity index (χ2n) is 6.15. The Hall–Kier alpha value is -1.75. The number of rotatable bonds is 2. The van der Waals surface area contributed by atoms with Crippen molar-refractivity contribution in [3.63, 3.8) is 0 Å². The number of fused-ring (bicyclic) bond motifs is 3. The molecule has 2 N–H and O–H groups in total. The number of benzene rings is 1. The number of ether oxygens (including phenoxy) is 1. The SMILES string of the molecule is CC(C(N)=O)N1CC2N(C1)c1ccccc1OC2(C)C. The van der Waals surface area contributed by atoms with Crippen molar-refractivity contribution in [3.8, 4) is 5.75 Å². The van der Waals surface area contributed by atoms with Crippen molar-refractivity contribution in [2.45, 2.75) is 38.5 Å². The Balaban J connectivity index is 1.95. The zero-order valence-electron chi connectivity index (χ0n) is 12.2. The van der Waals surface area contributed by atoms with E-state index in [-0.39, 0.29) is 23.6 Å². The quantitative estimate of drug-likeness (QED) is 0.880. The van der Waals surface area contributed by atoms with Crippen LogP contribution in [0, 0.1) is 0 Å². The molecule has 5 nitrogen and oxygen atoms in total. The summed E-state index contributed by atoms with van der Waals surface area (Å²) < 4.78 is 6.14. The highest BCUT2D eigenvalue weighted by atomic mass is 16.5. The first-order chi connectivity index (χ1) is 9.40. The molecule has 1 saturated heterocycles. The molecule has 5 heteroatoms. The van der Waals surface area contributed by atoms with Crippen LogP contribution in [0.2, 0.25) is 0 Å². The second kappa shape index (κ2) is 4.38. The van der Waals surface area contributed by atoms with Crippen molar-refractivity contribution in [2.24, 2.45) is 5.73 Å². The average Bonchev–Trinajstić information content (AvgIpc) is 2.83. The van der Waals surface area contributed by atoms with Crippen LogP contribution in [0.15, 0.2) is 24.3 Å². The molecule has 2 heterocycles. The van der Waals surface area contributed by atoms with Crippen molar-refractivity contribution in [1.29, 1.82) is 0 Å². The Morgan fingerprint density at radius 1 is 1.45 bits per heavy atom. The van der Waals surface area contributed by atoms with Gasteiger partial charge in [-0.2, -0.15) is 0 Å². The summed E-state index contributed by atoms with van der Waals surface area (Å²) in [6.07, 6.45) is 0. The van der Waals surface area contributed by atoms with Crippen LogP contribution >= 0.6 is 0 Å². The summed E-state index contributed by atoms with van der Waals surface area (Å²) >= 11 is 0. The standard InChI is InChI=1S/C15H21N3O2/c1-10(14(16)19)17-8-13-15(2,3)20-12-7-5-4-6-11(12)18(13)9-17/h4-7,10,13H,8-9H2,1-3H3,(H2,16,19). The number of hydrogen-bond acceptors (Lipinski definition) is 4. The molecule has 0 saturated carbocycles. The molecule has 108 valence electrons. The van der Waals surface area contributed by atoms with Gasteiger partial charge in [-0.25, -0.2) is 0 Å². The minimum atomic E-state index is -0.291. The van der Waals surface area contributed by atoms with Crippen LogP contribution in [0.5, 0.6) is 5.75 Å². The molecule has 0 radical (unpaired) electrons. The van der Waals surface area contributed by atoms with Crippen LogP contribution in [-0.2, 0) is 4.79 Å². The van der Waals surface area contributed by atoms with Crippen LogP contribution in [0.4, 0.5) is 5.69 Å². The van der Waals surface area contributed by atoms with Crippen LogP contribution in [0.1, 0.15) is 20.8 Å². The van der Waals surface area contributed by atoms with Crippen LogP contribution < -0.4 is 15.4 Å². The lowest BCUT2D eigenvalue weighted by molar-refractivity contribution is -0.122. The summed E-state index contributed by atoms with van der Waals surface area (Å²) in [5.41, 5.74) is 6.24. The molecule has 2 aliphatic heterocycles. The smallest absolute Gasteiger partial charge is 0.234 e. The third-order valence-electron chi connectivity index (χ3n) is 4.43. The van der Waals surface area contributed by atoms with Gasteiger partial charge in [0, 0.05) is 6.54 Å². The topological polar surface area (TPSA) is 58.8 Å². The van der Waals surface area contributed by atoms with E-state index in [2.05, 4.69) is 29.7 Å². The zero-order valence-corrected chi connectivity index (χ0v) is 12.2. The van der Waals surface area contributed by atoms with E-state index < -0.39 is 0 Å². The Labute approximate surface area is 119 Å². The van der Waals surface area contributed by atoms with Gasteiger partial charge < -0.3 is 15.4 Å². The summed E-state index contributed by atoms with van der Waals surface area (Å²) in [7, 11) is 0. The third kappa shape index (κ3) is 1.93. The number of nitrogens with zero attached hydrogens (tertiary/aromatic N) is 2. The predicted molar refractivity (Wildman–Crippen MR) is 77.6 cm³/mol. The highest BCUT2D eigenvalue weighted by Crippen LogP contribution is 2.42. The molecule has 1 fully saturated rings. The molecule has 3 rings (SSSR count). The minimum absolute atomic E-state index is 0.221. The van der Waals surface area contributed by atoms with Gasteiger partial charge in [-0.3, -0.25) is 9.69 Å². The average molecular weight is 275 g/mol. The minimum Gasteiger partial charge on any atom is -0.483 e. The number of nitrogens with two attached hydrogens (primary N) is 1. The van der Waals surface area contributed by atoms with E-state index in [4.69, 9.17) is 10.5 Å². The number of anilines is 1. The molecule has 0 spiro atoms. The van der Waals surface area contributed by atoms with Gasteiger partial charge in [-0.1, -0.05) is 12.1 Å². The van der Waals surface area contributed by atoms with Crippen molar-refractivity contribution in [1.82, 2.24) is 4.90 Å². The van der Waals surface area contributed by atoms with Gasteiger partial charge in [0.1, 0.15) is 11.4 Å². The number of para-hydroxylation sites is 2. The fourth-order valence-corrected chi connectivity index (χ4v) is 3.10. The molecule has 0 bridgehead atoms. The molecular weight excluding hydrogens is 254 g/mol. The number of carbonyl (C=O) groups excluding carboxylic acids is 1. The maximum absolute atomic E-state index is 11.4. The van der Waals surface area contributed by atoms with Crippen LogP contribution in [0.25, 0.3) is 0 Å². The second-order valence-corrected chi connectivity index (χ2v) is 6.15. The van der Waals surface area contributed by atoms with Crippen molar-refractivity contribution >= 4 is 11.6 Å². The first-order valence-electron chi connectivity index (χ1n) is 6.98. The summed E-state index contributed by atoms with van der Waals surface area (Å²) in [5, 5.41) is 0. The molecule has 1 aromatic carbocycles. The number of amides is 1. The summed E-state index contributed by atoms with van der Waals surface area (Å²) in [5.74, 6) is 0.624. The first-order valence-corrected chi connectivity index (χ1v) is 6.98. The molecule has 2 aliphatic rings. The number of hydrogen-bond donors (Lipinski definition) is 1. The number of primary amides is 1. The molecule has 1 amide bonds. The highest BCUT2D eigenvalue weighted by Gasteiger charge is 2.48. The lowest BCUT2D eigenvalue weighted by Crippen LogP contribution is -2.54. The van der Waals surface area contributed by atoms with E-state index in [9.17, 15) is 4.79 Å². The van der Waals surface area contributed by atoms with E-state index in [0.717, 1.165) is 18.0 Å². The normalized spacial score (nSPS) is 25.6. The maximum atomic E-state index is 11.4. The molecule has 1 aromatic rings. The lowest BCUT2D eigenvalue weighted by Gasteiger charge is -2.43. The lowest BCUT2D eigenvalue weighted by atomic mass is 9.95. The van der Waals surface area contributed by atoms with Gasteiger partial charge >= 0.3 is 0 Å². The predicted octanol–water partition coefficient (Wildman–Crippen LogP) is 1.18. The molecule has 0 aliphatic carbocycles. The van der Waals surface area contributed by atoms with Gasteiger partial charge in [0.2, 0.25) is 5.91 Å². The van der Waals surface area contributed by atoms with E-state index in [1.165, 1.54) is 0 Å². The largest absolute Gasteiger partial charge is 0.483 e. The van der Waals surface area contributed by atoms with Gasteiger partial charge in [-0.15, -0.1) is 0 Å². The van der Waals surface area contributed by atoms with E-state index in [1.807, 2.05) is 25.1 Å². The van der Waals surface area contributed by atoms with Gasteiger partial charge in [-0.05, 0) is 32.9 Å². The Morgan fingerprint density at radius 2 is 2.15 bits per heavy atom. The molecule has 2 unspecified atom stereocenters. The fourth-order valence-electron chi connectivity index (χ4n) is 3.10. The highest BCUT2D eigenvalue weighted by molar-refractivity contribution is 5.79. The Bertz CT molecular complexity index is 544. The van der Waals surface area contributed by atoms with Crippen LogP contribution in [0.3, 0.4) is 0 Å². The molecule has 2 atom stereocenters. The monoisotopic (exact) mass is 275 g/mol. The maximum Gasteiger partial charge on any atom is 0.234 e. The third-order valence-corrected chi connectivity index (χ3v) is 4.43.